The number of hydrogen-bond donors (Lipinski definition) is 1. The Morgan fingerprint density at radius 1 is 1.50 bits per heavy atom. The van der Waals surface area contributed by atoms with Crippen LogP contribution in [0.25, 0.3) is 0 Å². The number of nitrogens with one attached hydrogen (secondary N) is 1. The molecule has 0 aromatic carbocycles. The molecule has 1 N–H and O–H groups in total. The summed E-state index contributed by atoms with van der Waals surface area (Å²) in [6, 6.07) is 4.24. The van der Waals surface area contributed by atoms with Crippen molar-refractivity contribution in [1.29, 1.82) is 0 Å². The van der Waals surface area contributed by atoms with Gasteiger partial charge in [0.25, 0.3) is 5.56 Å². The zero-order valence-corrected chi connectivity index (χ0v) is 12.5. The van der Waals surface area contributed by atoms with Gasteiger partial charge >= 0.3 is 0 Å². The fourth-order valence-corrected chi connectivity index (χ4v) is 3.40. The van der Waals surface area contributed by atoms with Crippen molar-refractivity contribution in [3.63, 3.8) is 0 Å². The minimum Gasteiger partial charge on any atom is -0.310 e. The van der Waals surface area contributed by atoms with E-state index >= 15 is 0 Å². The van der Waals surface area contributed by atoms with Crippen molar-refractivity contribution in [3.05, 3.63) is 49.8 Å². The molecular formula is C15H19N3OS. The van der Waals surface area contributed by atoms with E-state index in [0.29, 0.717) is 0 Å². The van der Waals surface area contributed by atoms with Crippen LogP contribution in [0.1, 0.15) is 35.3 Å². The Morgan fingerprint density at radius 2 is 2.40 bits per heavy atom. The lowest BCUT2D eigenvalue weighted by molar-refractivity contribution is 0.242. The molecule has 1 aliphatic heterocycles. The van der Waals surface area contributed by atoms with E-state index < -0.39 is 0 Å². The summed E-state index contributed by atoms with van der Waals surface area (Å²) >= 11 is 1.78. The molecule has 0 amide bonds. The highest BCUT2D eigenvalue weighted by molar-refractivity contribution is 7.09. The molecule has 0 bridgehead atoms. The molecule has 2 aromatic heterocycles. The first-order valence-corrected chi connectivity index (χ1v) is 8.00. The third-order valence-electron chi connectivity index (χ3n) is 3.65. The summed E-state index contributed by atoms with van der Waals surface area (Å²) in [4.78, 5) is 23.4. The molecule has 0 unspecified atom stereocenters. The standard InChI is InChI=1S/C15H19N3OS/c1-2-4-14-16-13-10-18(9-11-5-3-8-20-11)7-6-12(13)15(19)17-14/h3,5,8H,2,4,6-7,9-10H2,1H3,(H,16,17,19). The van der Waals surface area contributed by atoms with Gasteiger partial charge in [0.1, 0.15) is 5.82 Å². The third kappa shape index (κ3) is 2.83. The molecule has 0 fully saturated rings. The van der Waals surface area contributed by atoms with Gasteiger partial charge < -0.3 is 4.98 Å². The largest absolute Gasteiger partial charge is 0.310 e. The van der Waals surface area contributed by atoms with E-state index in [1.807, 2.05) is 0 Å². The van der Waals surface area contributed by atoms with E-state index in [1.165, 1.54) is 4.88 Å². The molecule has 2 aromatic rings. The summed E-state index contributed by atoms with van der Waals surface area (Å²) in [5, 5.41) is 2.11. The van der Waals surface area contributed by atoms with Crippen molar-refractivity contribution >= 4 is 11.3 Å². The minimum absolute atomic E-state index is 0.0641. The maximum absolute atomic E-state index is 12.1. The Balaban J connectivity index is 1.80. The van der Waals surface area contributed by atoms with Gasteiger partial charge in [0, 0.05) is 36.5 Å². The predicted octanol–water partition coefficient (Wildman–Crippen LogP) is 2.34. The number of rotatable bonds is 4. The van der Waals surface area contributed by atoms with Crippen LogP contribution in [-0.2, 0) is 25.9 Å². The van der Waals surface area contributed by atoms with Crippen LogP contribution in [-0.4, -0.2) is 21.4 Å². The fraction of sp³-hybridized carbons (Fsp3) is 0.467. The lowest BCUT2D eigenvalue weighted by Crippen LogP contribution is -2.35. The first-order valence-electron chi connectivity index (χ1n) is 7.12. The molecule has 0 saturated heterocycles. The molecule has 0 atom stereocenters. The normalized spacial score (nSPS) is 15.2. The number of aromatic nitrogens is 2. The van der Waals surface area contributed by atoms with Gasteiger partial charge in [0.2, 0.25) is 0 Å². The number of H-pyrrole nitrogens is 1. The first kappa shape index (κ1) is 13.5. The second-order valence-electron chi connectivity index (χ2n) is 5.23. The van der Waals surface area contributed by atoms with Crippen LogP contribution in [0.4, 0.5) is 0 Å². The van der Waals surface area contributed by atoms with Crippen LogP contribution in [0, 0.1) is 0 Å². The molecule has 3 rings (SSSR count). The van der Waals surface area contributed by atoms with Crippen molar-refractivity contribution in [1.82, 2.24) is 14.9 Å². The van der Waals surface area contributed by atoms with E-state index in [-0.39, 0.29) is 5.56 Å². The maximum atomic E-state index is 12.1. The van der Waals surface area contributed by atoms with E-state index in [0.717, 1.165) is 56.0 Å². The van der Waals surface area contributed by atoms with Crippen LogP contribution in [0.15, 0.2) is 22.3 Å². The van der Waals surface area contributed by atoms with Crippen molar-refractivity contribution in [2.75, 3.05) is 6.54 Å². The van der Waals surface area contributed by atoms with Gasteiger partial charge in [-0.2, -0.15) is 0 Å². The van der Waals surface area contributed by atoms with Crippen LogP contribution < -0.4 is 5.56 Å². The highest BCUT2D eigenvalue weighted by Gasteiger charge is 2.21. The van der Waals surface area contributed by atoms with Crippen molar-refractivity contribution in [2.24, 2.45) is 0 Å². The molecule has 0 aliphatic carbocycles. The summed E-state index contributed by atoms with van der Waals surface area (Å²) in [7, 11) is 0. The lowest BCUT2D eigenvalue weighted by Gasteiger charge is -2.27. The van der Waals surface area contributed by atoms with Crippen molar-refractivity contribution in [2.45, 2.75) is 39.3 Å². The molecule has 3 heterocycles. The average Bonchev–Trinajstić information content (AvgIpc) is 2.91. The van der Waals surface area contributed by atoms with Crippen LogP contribution in [0.3, 0.4) is 0 Å². The van der Waals surface area contributed by atoms with Gasteiger partial charge in [-0.25, -0.2) is 4.98 Å². The Kier molecular flexibility index (Phi) is 3.98. The van der Waals surface area contributed by atoms with Crippen LogP contribution in [0.2, 0.25) is 0 Å². The summed E-state index contributed by atoms with van der Waals surface area (Å²) in [6.07, 6.45) is 2.64. The SMILES string of the molecule is CCCc1nc2c(c(=O)[nH]1)CCN(Cc1cccs1)C2. The highest BCUT2D eigenvalue weighted by Crippen LogP contribution is 2.18. The smallest absolute Gasteiger partial charge is 0.254 e. The summed E-state index contributed by atoms with van der Waals surface area (Å²) in [5.74, 6) is 0.828. The van der Waals surface area contributed by atoms with Gasteiger partial charge in [-0.15, -0.1) is 11.3 Å². The lowest BCUT2D eigenvalue weighted by atomic mass is 10.1. The summed E-state index contributed by atoms with van der Waals surface area (Å²) < 4.78 is 0. The topological polar surface area (TPSA) is 49.0 Å². The van der Waals surface area contributed by atoms with Crippen LogP contribution >= 0.6 is 11.3 Å². The summed E-state index contributed by atoms with van der Waals surface area (Å²) in [6.45, 7) is 4.77. The number of aryl methyl sites for hydroxylation is 1. The van der Waals surface area contributed by atoms with E-state index in [1.54, 1.807) is 11.3 Å². The van der Waals surface area contributed by atoms with Gasteiger partial charge in [-0.3, -0.25) is 9.69 Å². The molecule has 5 heteroatoms. The molecule has 4 nitrogen and oxygen atoms in total. The van der Waals surface area contributed by atoms with Gasteiger partial charge in [0.05, 0.1) is 5.69 Å². The number of aromatic amines is 1. The van der Waals surface area contributed by atoms with E-state index in [2.05, 4.69) is 39.3 Å². The number of hydrogen-bond acceptors (Lipinski definition) is 4. The van der Waals surface area contributed by atoms with Crippen molar-refractivity contribution < 1.29 is 0 Å². The Hall–Kier alpha value is -1.46. The summed E-state index contributed by atoms with van der Waals surface area (Å²) in [5.41, 5.74) is 1.92. The molecular weight excluding hydrogens is 270 g/mol. The number of thiophene rings is 1. The highest BCUT2D eigenvalue weighted by atomic mass is 32.1. The Bertz CT molecular complexity index is 633. The van der Waals surface area contributed by atoms with Crippen LogP contribution in [0.5, 0.6) is 0 Å². The maximum Gasteiger partial charge on any atom is 0.254 e. The molecule has 0 spiro atoms. The zero-order chi connectivity index (χ0) is 13.9. The monoisotopic (exact) mass is 289 g/mol. The molecule has 1 aliphatic rings. The molecule has 106 valence electrons. The number of nitrogens with zero attached hydrogens (tertiary/aromatic N) is 2. The third-order valence-corrected chi connectivity index (χ3v) is 4.51. The Morgan fingerprint density at radius 3 is 3.15 bits per heavy atom. The minimum atomic E-state index is 0.0641. The Labute approximate surface area is 122 Å². The second-order valence-corrected chi connectivity index (χ2v) is 6.26. The predicted molar refractivity (Wildman–Crippen MR) is 81.0 cm³/mol. The second kappa shape index (κ2) is 5.89. The van der Waals surface area contributed by atoms with Crippen molar-refractivity contribution in [3.8, 4) is 0 Å². The van der Waals surface area contributed by atoms with Gasteiger partial charge in [-0.05, 0) is 24.3 Å². The molecule has 0 radical (unpaired) electrons. The molecule has 20 heavy (non-hydrogen) atoms. The van der Waals surface area contributed by atoms with E-state index in [9.17, 15) is 4.79 Å². The van der Waals surface area contributed by atoms with Gasteiger partial charge in [-0.1, -0.05) is 13.0 Å². The first-order chi connectivity index (χ1) is 9.76. The van der Waals surface area contributed by atoms with E-state index in [4.69, 9.17) is 0 Å². The van der Waals surface area contributed by atoms with Gasteiger partial charge in [0.15, 0.2) is 0 Å². The molecule has 0 saturated carbocycles. The zero-order valence-electron chi connectivity index (χ0n) is 11.7. The fourth-order valence-electron chi connectivity index (χ4n) is 2.66. The quantitative estimate of drug-likeness (QED) is 0.940. The average molecular weight is 289 g/mol. The number of fused-ring (bicyclic) bond motifs is 1.